The fourth-order valence-corrected chi connectivity index (χ4v) is 3.56. The van der Waals surface area contributed by atoms with Gasteiger partial charge in [-0.15, -0.1) is 11.3 Å². The quantitative estimate of drug-likeness (QED) is 0.658. The number of nitrogens with zero attached hydrogens (tertiary/aromatic N) is 3. The first kappa shape index (κ1) is 17.4. The summed E-state index contributed by atoms with van der Waals surface area (Å²) >= 11 is 1.45. The second kappa shape index (κ2) is 8.07. The monoisotopic (exact) mass is 354 g/mol. The fraction of sp³-hybridized carbons (Fsp3) is 0.316. The minimum absolute atomic E-state index is 0.0444. The molecule has 1 N–H and O–H groups in total. The van der Waals surface area contributed by atoms with Gasteiger partial charge in [0.2, 0.25) is 0 Å². The first-order valence-corrected chi connectivity index (χ1v) is 9.29. The number of aryl methyl sites for hydroxylation is 3. The third-order valence-electron chi connectivity index (χ3n) is 4.05. The lowest BCUT2D eigenvalue weighted by atomic mass is 10.1. The lowest BCUT2D eigenvalue weighted by molar-refractivity contribution is 0.0956. The van der Waals surface area contributed by atoms with Crippen LogP contribution in [-0.2, 0) is 13.0 Å². The Bertz CT molecular complexity index is 822. The number of amides is 1. The highest BCUT2D eigenvalue weighted by atomic mass is 32.1. The van der Waals surface area contributed by atoms with Crippen LogP contribution in [0, 0.1) is 6.92 Å². The van der Waals surface area contributed by atoms with Crippen LogP contribution in [0.5, 0.6) is 0 Å². The molecule has 2 heterocycles. The largest absolute Gasteiger partial charge is 0.351 e. The molecule has 0 aliphatic carbocycles. The Labute approximate surface area is 151 Å². The van der Waals surface area contributed by atoms with Gasteiger partial charge in [-0.2, -0.15) is 0 Å². The third kappa shape index (κ3) is 4.33. The normalized spacial score (nSPS) is 10.8. The molecular weight excluding hydrogens is 332 g/mol. The lowest BCUT2D eigenvalue weighted by Crippen LogP contribution is -2.25. The van der Waals surface area contributed by atoms with Gasteiger partial charge < -0.3 is 9.88 Å². The first-order valence-electron chi connectivity index (χ1n) is 8.48. The van der Waals surface area contributed by atoms with Gasteiger partial charge in [-0.1, -0.05) is 31.2 Å². The van der Waals surface area contributed by atoms with Crippen LogP contribution in [0.15, 0.2) is 43.0 Å². The van der Waals surface area contributed by atoms with E-state index in [9.17, 15) is 4.79 Å². The predicted molar refractivity (Wildman–Crippen MR) is 101 cm³/mol. The number of hydrogen-bond donors (Lipinski definition) is 1. The van der Waals surface area contributed by atoms with E-state index in [1.807, 2.05) is 17.7 Å². The van der Waals surface area contributed by atoms with E-state index < -0.39 is 0 Å². The van der Waals surface area contributed by atoms with E-state index in [4.69, 9.17) is 0 Å². The molecule has 0 atom stereocenters. The molecule has 3 aromatic rings. The summed E-state index contributed by atoms with van der Waals surface area (Å²) in [6, 6.07) is 8.37. The number of rotatable bonds is 7. The Hall–Kier alpha value is -2.47. The zero-order chi connectivity index (χ0) is 17.6. The molecular formula is C19H22N4OS. The van der Waals surface area contributed by atoms with Crippen LogP contribution >= 0.6 is 11.3 Å². The van der Waals surface area contributed by atoms with Gasteiger partial charge in [0.1, 0.15) is 9.88 Å². The molecule has 0 radical (unpaired) electrons. The van der Waals surface area contributed by atoms with E-state index in [1.165, 1.54) is 16.9 Å². The number of imidazole rings is 1. The summed E-state index contributed by atoms with van der Waals surface area (Å²) in [7, 11) is 0. The van der Waals surface area contributed by atoms with E-state index >= 15 is 0 Å². The molecule has 5 nitrogen and oxygen atoms in total. The van der Waals surface area contributed by atoms with Crippen molar-refractivity contribution in [3.8, 4) is 10.6 Å². The molecule has 25 heavy (non-hydrogen) atoms. The molecule has 0 saturated heterocycles. The van der Waals surface area contributed by atoms with Crippen molar-refractivity contribution in [2.24, 2.45) is 0 Å². The average Bonchev–Trinajstić information content (AvgIpc) is 3.28. The Balaban J connectivity index is 1.59. The number of carbonyl (C=O) groups is 1. The van der Waals surface area contributed by atoms with Gasteiger partial charge in [-0.05, 0) is 25.3 Å². The minimum Gasteiger partial charge on any atom is -0.351 e. The number of nitrogens with one attached hydrogen (secondary N) is 1. The number of benzene rings is 1. The van der Waals surface area contributed by atoms with E-state index in [0.29, 0.717) is 11.4 Å². The van der Waals surface area contributed by atoms with Crippen LogP contribution in [0.4, 0.5) is 0 Å². The summed E-state index contributed by atoms with van der Waals surface area (Å²) < 4.78 is 2.00. The van der Waals surface area contributed by atoms with Gasteiger partial charge in [0, 0.05) is 31.0 Å². The fourth-order valence-electron chi connectivity index (χ4n) is 2.58. The Morgan fingerprint density at radius 3 is 2.76 bits per heavy atom. The van der Waals surface area contributed by atoms with Gasteiger partial charge in [-0.3, -0.25) is 4.79 Å². The SMILES string of the molecule is CCc1ccc(-c2nc(C)c(C(=O)NCCCn3ccnc3)s2)cc1. The molecule has 130 valence electrons. The Morgan fingerprint density at radius 1 is 1.28 bits per heavy atom. The Morgan fingerprint density at radius 2 is 2.08 bits per heavy atom. The van der Waals surface area contributed by atoms with Gasteiger partial charge in [0.25, 0.3) is 5.91 Å². The molecule has 0 fully saturated rings. The van der Waals surface area contributed by atoms with E-state index in [0.717, 1.165) is 35.7 Å². The maximum atomic E-state index is 12.4. The van der Waals surface area contributed by atoms with Gasteiger partial charge >= 0.3 is 0 Å². The molecule has 6 heteroatoms. The van der Waals surface area contributed by atoms with Crippen LogP contribution in [0.3, 0.4) is 0 Å². The number of hydrogen-bond acceptors (Lipinski definition) is 4. The Kier molecular flexibility index (Phi) is 5.60. The lowest BCUT2D eigenvalue weighted by Gasteiger charge is -2.04. The van der Waals surface area contributed by atoms with Crippen molar-refractivity contribution in [1.82, 2.24) is 19.9 Å². The molecule has 2 aromatic heterocycles. The summed E-state index contributed by atoms with van der Waals surface area (Å²) in [5.74, 6) is -0.0444. The highest BCUT2D eigenvalue weighted by molar-refractivity contribution is 7.17. The maximum Gasteiger partial charge on any atom is 0.263 e. The molecule has 0 aliphatic rings. The average molecular weight is 354 g/mol. The summed E-state index contributed by atoms with van der Waals surface area (Å²) in [5.41, 5.74) is 3.14. The molecule has 1 aromatic carbocycles. The second-order valence-electron chi connectivity index (χ2n) is 5.89. The smallest absolute Gasteiger partial charge is 0.263 e. The molecule has 0 spiro atoms. The van der Waals surface area contributed by atoms with Crippen LogP contribution in [0.1, 0.15) is 34.3 Å². The van der Waals surface area contributed by atoms with Gasteiger partial charge in [0.05, 0.1) is 12.0 Å². The maximum absolute atomic E-state index is 12.4. The zero-order valence-electron chi connectivity index (χ0n) is 14.5. The van der Waals surface area contributed by atoms with Gasteiger partial charge in [-0.25, -0.2) is 9.97 Å². The second-order valence-corrected chi connectivity index (χ2v) is 6.89. The number of aromatic nitrogens is 3. The zero-order valence-corrected chi connectivity index (χ0v) is 15.3. The first-order chi connectivity index (χ1) is 12.2. The van der Waals surface area contributed by atoms with Crippen molar-refractivity contribution < 1.29 is 4.79 Å². The summed E-state index contributed by atoms with van der Waals surface area (Å²) in [6.07, 6.45) is 7.35. The summed E-state index contributed by atoms with van der Waals surface area (Å²) in [4.78, 5) is 21.7. The van der Waals surface area contributed by atoms with Crippen LogP contribution in [0.2, 0.25) is 0 Å². The van der Waals surface area contributed by atoms with Crippen molar-refractivity contribution >= 4 is 17.2 Å². The van der Waals surface area contributed by atoms with Crippen LogP contribution in [-0.4, -0.2) is 27.0 Å². The number of thiazole rings is 1. The number of carbonyl (C=O) groups excluding carboxylic acids is 1. The van der Waals surface area contributed by atoms with Crippen LogP contribution < -0.4 is 5.32 Å². The third-order valence-corrected chi connectivity index (χ3v) is 5.26. The topological polar surface area (TPSA) is 59.8 Å². The predicted octanol–water partition coefficient (Wildman–Crippen LogP) is 3.70. The minimum atomic E-state index is -0.0444. The summed E-state index contributed by atoms with van der Waals surface area (Å²) in [5, 5.41) is 3.88. The highest BCUT2D eigenvalue weighted by Crippen LogP contribution is 2.28. The van der Waals surface area contributed by atoms with Crippen molar-refractivity contribution in [2.75, 3.05) is 6.54 Å². The van der Waals surface area contributed by atoms with E-state index in [1.54, 1.807) is 12.5 Å². The highest BCUT2D eigenvalue weighted by Gasteiger charge is 2.15. The van der Waals surface area contributed by atoms with Crippen molar-refractivity contribution in [2.45, 2.75) is 33.2 Å². The molecule has 0 aliphatic heterocycles. The van der Waals surface area contributed by atoms with Crippen molar-refractivity contribution in [1.29, 1.82) is 0 Å². The molecule has 0 bridgehead atoms. The van der Waals surface area contributed by atoms with Crippen molar-refractivity contribution in [3.63, 3.8) is 0 Å². The van der Waals surface area contributed by atoms with Crippen LogP contribution in [0.25, 0.3) is 10.6 Å². The van der Waals surface area contributed by atoms with Crippen molar-refractivity contribution in [3.05, 3.63) is 59.1 Å². The molecule has 3 rings (SSSR count). The van der Waals surface area contributed by atoms with Gasteiger partial charge in [0.15, 0.2) is 0 Å². The molecule has 0 unspecified atom stereocenters. The summed E-state index contributed by atoms with van der Waals surface area (Å²) in [6.45, 7) is 5.50. The molecule has 0 saturated carbocycles. The molecule has 1 amide bonds. The standard InChI is InChI=1S/C19H22N4OS/c1-3-15-5-7-16(8-6-15)19-22-14(2)17(25-19)18(24)21-9-4-11-23-12-10-20-13-23/h5-8,10,12-13H,3-4,9,11H2,1-2H3,(H,21,24). The van der Waals surface area contributed by atoms with E-state index in [-0.39, 0.29) is 5.91 Å². The van der Waals surface area contributed by atoms with E-state index in [2.05, 4.69) is 46.5 Å².